The average Bonchev–Trinajstić information content (AvgIpc) is 3.16. The first-order valence-electron chi connectivity index (χ1n) is 6.87. The first kappa shape index (κ1) is 14.0. The van der Waals surface area contributed by atoms with E-state index >= 15 is 0 Å². The van der Waals surface area contributed by atoms with Gasteiger partial charge in [-0.3, -0.25) is 9.69 Å². The van der Waals surface area contributed by atoms with Gasteiger partial charge in [-0.25, -0.2) is 0 Å². The zero-order valence-electron chi connectivity index (χ0n) is 11.7. The highest BCUT2D eigenvalue weighted by Crippen LogP contribution is 2.34. The lowest BCUT2D eigenvalue weighted by molar-refractivity contribution is -0.114. The van der Waals surface area contributed by atoms with Crippen LogP contribution in [0, 0.1) is 5.92 Å². The van der Waals surface area contributed by atoms with Crippen LogP contribution in [0.25, 0.3) is 0 Å². The average molecular weight is 261 g/mol. The Balaban J connectivity index is 1.92. The van der Waals surface area contributed by atoms with Gasteiger partial charge in [0.05, 0.1) is 0 Å². The second kappa shape index (κ2) is 6.17. The molecule has 4 nitrogen and oxygen atoms in total. The molecule has 0 aromatic heterocycles. The summed E-state index contributed by atoms with van der Waals surface area (Å²) < 4.78 is 0. The van der Waals surface area contributed by atoms with E-state index in [2.05, 4.69) is 29.4 Å². The van der Waals surface area contributed by atoms with Crippen LogP contribution >= 0.6 is 0 Å². The third-order valence-electron chi connectivity index (χ3n) is 3.68. The van der Waals surface area contributed by atoms with Gasteiger partial charge in [0.15, 0.2) is 0 Å². The van der Waals surface area contributed by atoms with E-state index in [0.717, 1.165) is 24.7 Å². The fourth-order valence-electron chi connectivity index (χ4n) is 2.52. The van der Waals surface area contributed by atoms with Crippen LogP contribution in [-0.4, -0.2) is 30.4 Å². The van der Waals surface area contributed by atoms with E-state index in [4.69, 9.17) is 5.73 Å². The number of likely N-dealkylation sites (N-methyl/N-ethyl adjacent to an activating group) is 1. The van der Waals surface area contributed by atoms with Gasteiger partial charge >= 0.3 is 0 Å². The number of nitrogens with two attached hydrogens (primary N) is 1. The number of carbonyl (C=O) groups is 1. The van der Waals surface area contributed by atoms with Crippen molar-refractivity contribution in [2.75, 3.05) is 18.9 Å². The van der Waals surface area contributed by atoms with E-state index in [-0.39, 0.29) is 5.91 Å². The van der Waals surface area contributed by atoms with Crippen molar-refractivity contribution >= 4 is 11.6 Å². The van der Waals surface area contributed by atoms with Crippen molar-refractivity contribution in [3.8, 4) is 0 Å². The standard InChI is InChI=1S/C15H23N3O/c1-11(19)17-14-7-3-12(4-8-14)10-18(2)15(9-16)13-5-6-13/h3-4,7-8,13,15H,5-6,9-10,16H2,1-2H3,(H,17,19). The topological polar surface area (TPSA) is 58.4 Å². The highest BCUT2D eigenvalue weighted by Gasteiger charge is 2.32. The normalized spacial score (nSPS) is 16.4. The van der Waals surface area contributed by atoms with E-state index in [0.29, 0.717) is 6.04 Å². The Morgan fingerprint density at radius 2 is 2.05 bits per heavy atom. The molecule has 1 aromatic carbocycles. The van der Waals surface area contributed by atoms with Gasteiger partial charge in [0.25, 0.3) is 0 Å². The Kier molecular flexibility index (Phi) is 4.56. The van der Waals surface area contributed by atoms with E-state index < -0.39 is 0 Å². The molecule has 4 heteroatoms. The second-order valence-electron chi connectivity index (χ2n) is 5.43. The van der Waals surface area contributed by atoms with Crippen molar-refractivity contribution in [1.29, 1.82) is 0 Å². The second-order valence-corrected chi connectivity index (χ2v) is 5.43. The minimum absolute atomic E-state index is 0.0400. The monoisotopic (exact) mass is 261 g/mol. The summed E-state index contributed by atoms with van der Waals surface area (Å²) in [4.78, 5) is 13.3. The summed E-state index contributed by atoms with van der Waals surface area (Å²) in [5.41, 5.74) is 7.95. The van der Waals surface area contributed by atoms with Crippen LogP contribution in [0.2, 0.25) is 0 Å². The number of anilines is 1. The predicted molar refractivity (Wildman–Crippen MR) is 77.8 cm³/mol. The molecule has 0 spiro atoms. The van der Waals surface area contributed by atoms with Gasteiger partial charge in [0, 0.05) is 31.7 Å². The fourth-order valence-corrected chi connectivity index (χ4v) is 2.52. The molecule has 1 aliphatic rings. The van der Waals surface area contributed by atoms with Crippen molar-refractivity contribution in [1.82, 2.24) is 4.90 Å². The van der Waals surface area contributed by atoms with Crippen LogP contribution in [0.3, 0.4) is 0 Å². The SMILES string of the molecule is CC(=O)Nc1ccc(CN(C)C(CN)C2CC2)cc1. The summed E-state index contributed by atoms with van der Waals surface area (Å²) >= 11 is 0. The summed E-state index contributed by atoms with van der Waals surface area (Å²) in [5.74, 6) is 0.746. The number of benzene rings is 1. The molecule has 104 valence electrons. The molecule has 1 aromatic rings. The molecule has 1 aliphatic carbocycles. The van der Waals surface area contributed by atoms with E-state index in [9.17, 15) is 4.79 Å². The summed E-state index contributed by atoms with van der Waals surface area (Å²) in [7, 11) is 2.14. The number of hydrogen-bond acceptors (Lipinski definition) is 3. The Bertz CT molecular complexity index is 426. The van der Waals surface area contributed by atoms with Crippen molar-refractivity contribution in [2.24, 2.45) is 11.7 Å². The molecule has 19 heavy (non-hydrogen) atoms. The van der Waals surface area contributed by atoms with Crippen molar-refractivity contribution in [2.45, 2.75) is 32.4 Å². The van der Waals surface area contributed by atoms with Crippen LogP contribution in [-0.2, 0) is 11.3 Å². The summed E-state index contributed by atoms with van der Waals surface area (Å²) in [6.07, 6.45) is 2.63. The predicted octanol–water partition coefficient (Wildman–Crippen LogP) is 1.81. The zero-order chi connectivity index (χ0) is 13.8. The Morgan fingerprint density at radius 3 is 2.53 bits per heavy atom. The van der Waals surface area contributed by atoms with Gasteiger partial charge < -0.3 is 11.1 Å². The van der Waals surface area contributed by atoms with Crippen LogP contribution in [0.4, 0.5) is 5.69 Å². The third-order valence-corrected chi connectivity index (χ3v) is 3.68. The fraction of sp³-hybridized carbons (Fsp3) is 0.533. The van der Waals surface area contributed by atoms with Crippen LogP contribution in [0.5, 0.6) is 0 Å². The van der Waals surface area contributed by atoms with Gasteiger partial charge in [0.2, 0.25) is 5.91 Å². The van der Waals surface area contributed by atoms with Crippen LogP contribution in [0.1, 0.15) is 25.3 Å². The Morgan fingerprint density at radius 1 is 1.42 bits per heavy atom. The smallest absolute Gasteiger partial charge is 0.221 e. The molecule has 0 radical (unpaired) electrons. The van der Waals surface area contributed by atoms with Crippen molar-refractivity contribution in [3.63, 3.8) is 0 Å². The van der Waals surface area contributed by atoms with Gasteiger partial charge in [-0.1, -0.05) is 12.1 Å². The van der Waals surface area contributed by atoms with Gasteiger partial charge in [-0.2, -0.15) is 0 Å². The minimum Gasteiger partial charge on any atom is -0.329 e. The first-order valence-corrected chi connectivity index (χ1v) is 6.87. The number of nitrogens with one attached hydrogen (secondary N) is 1. The number of rotatable bonds is 6. The number of hydrogen-bond donors (Lipinski definition) is 2. The Hall–Kier alpha value is -1.39. The van der Waals surface area contributed by atoms with E-state index in [1.165, 1.54) is 25.3 Å². The van der Waals surface area contributed by atoms with Crippen LogP contribution < -0.4 is 11.1 Å². The third kappa shape index (κ3) is 4.04. The molecule has 3 N–H and O–H groups in total. The molecule has 0 aliphatic heterocycles. The van der Waals surface area contributed by atoms with Gasteiger partial charge in [-0.15, -0.1) is 0 Å². The highest BCUT2D eigenvalue weighted by atomic mass is 16.1. The van der Waals surface area contributed by atoms with Gasteiger partial charge in [0.1, 0.15) is 0 Å². The van der Waals surface area contributed by atoms with Crippen LogP contribution in [0.15, 0.2) is 24.3 Å². The quantitative estimate of drug-likeness (QED) is 0.821. The van der Waals surface area contributed by atoms with E-state index in [1.807, 2.05) is 12.1 Å². The molecule has 0 saturated heterocycles. The molecule has 0 heterocycles. The van der Waals surface area contributed by atoms with Gasteiger partial charge in [-0.05, 0) is 43.5 Å². The number of carbonyl (C=O) groups excluding carboxylic acids is 1. The number of amides is 1. The minimum atomic E-state index is -0.0400. The maximum absolute atomic E-state index is 11.0. The molecule has 0 bridgehead atoms. The molecular weight excluding hydrogens is 238 g/mol. The van der Waals surface area contributed by atoms with E-state index in [1.54, 1.807) is 0 Å². The maximum atomic E-state index is 11.0. The molecule has 1 atom stereocenters. The summed E-state index contributed by atoms with van der Waals surface area (Å²) in [6, 6.07) is 8.50. The molecular formula is C15H23N3O. The largest absolute Gasteiger partial charge is 0.329 e. The molecule has 1 unspecified atom stereocenters. The molecule has 1 saturated carbocycles. The first-order chi connectivity index (χ1) is 9.10. The van der Waals surface area contributed by atoms with Crippen molar-refractivity contribution < 1.29 is 4.79 Å². The maximum Gasteiger partial charge on any atom is 0.221 e. The Labute approximate surface area is 115 Å². The lowest BCUT2D eigenvalue weighted by Gasteiger charge is -2.27. The molecule has 1 fully saturated rings. The summed E-state index contributed by atoms with van der Waals surface area (Å²) in [6.45, 7) is 3.15. The number of nitrogens with zero attached hydrogens (tertiary/aromatic N) is 1. The molecule has 2 rings (SSSR count). The zero-order valence-corrected chi connectivity index (χ0v) is 11.7. The highest BCUT2D eigenvalue weighted by molar-refractivity contribution is 5.88. The molecule has 1 amide bonds. The van der Waals surface area contributed by atoms with Crippen molar-refractivity contribution in [3.05, 3.63) is 29.8 Å². The lowest BCUT2D eigenvalue weighted by Crippen LogP contribution is -2.39. The summed E-state index contributed by atoms with van der Waals surface area (Å²) in [5, 5.41) is 2.77. The lowest BCUT2D eigenvalue weighted by atomic mass is 10.1.